The van der Waals surface area contributed by atoms with E-state index in [1.165, 1.54) is 0 Å². The van der Waals surface area contributed by atoms with E-state index in [2.05, 4.69) is 0 Å². The Labute approximate surface area is 95.9 Å². The lowest BCUT2D eigenvalue weighted by Crippen LogP contribution is -3.00. The van der Waals surface area contributed by atoms with E-state index in [0.717, 1.165) is 10.5 Å². The molecule has 0 atom stereocenters. The fraction of sp³-hybridized carbons (Fsp3) is 0.800. The first-order valence-corrected chi connectivity index (χ1v) is 4.53. The molecule has 0 unspecified atom stereocenters. The van der Waals surface area contributed by atoms with Gasteiger partial charge in [0.25, 0.3) is 0 Å². The second-order valence-electron chi connectivity index (χ2n) is 4.75. The molecule has 0 bridgehead atoms. The third-order valence-electron chi connectivity index (χ3n) is 2.46. The van der Waals surface area contributed by atoms with Crippen LogP contribution in [0, 0.1) is 4.91 Å². The lowest BCUT2D eigenvalue weighted by atomic mass is 9.87. The van der Waals surface area contributed by atoms with E-state index in [9.17, 15) is 4.91 Å². The van der Waals surface area contributed by atoms with Gasteiger partial charge in [-0.2, -0.15) is 0 Å². The van der Waals surface area contributed by atoms with Gasteiger partial charge in [0.15, 0.2) is 0 Å². The minimum atomic E-state index is -0.465. The number of rotatable bonds is 1. The van der Waals surface area contributed by atoms with Crippen molar-refractivity contribution in [1.82, 2.24) is 0 Å². The van der Waals surface area contributed by atoms with Gasteiger partial charge in [0.05, 0.1) is 13.5 Å². The predicted molar refractivity (Wildman–Crippen MR) is 51.5 cm³/mol. The minimum Gasteiger partial charge on any atom is -1.00 e. The summed E-state index contributed by atoms with van der Waals surface area (Å²) in [5, 5.41) is 0. The maximum atomic E-state index is 11.8. The van der Waals surface area contributed by atoms with Crippen molar-refractivity contribution in [2.75, 3.05) is 7.11 Å². The van der Waals surface area contributed by atoms with Crippen molar-refractivity contribution in [2.45, 2.75) is 45.2 Å². The smallest absolute Gasteiger partial charge is 0.227 e. The normalized spacial score (nSPS) is 23.5. The topological polar surface area (TPSA) is 29.3 Å². The molecule has 0 amide bonds. The van der Waals surface area contributed by atoms with Crippen LogP contribution in [-0.4, -0.2) is 22.9 Å². The summed E-state index contributed by atoms with van der Waals surface area (Å²) >= 11 is 0. The van der Waals surface area contributed by atoms with Crippen LogP contribution >= 0.6 is 0 Å². The van der Waals surface area contributed by atoms with Gasteiger partial charge >= 0.3 is 0 Å². The number of halogens is 1. The van der Waals surface area contributed by atoms with Gasteiger partial charge in [0.2, 0.25) is 11.1 Å². The summed E-state index contributed by atoms with van der Waals surface area (Å²) in [4.78, 5) is 11.8. The van der Waals surface area contributed by atoms with Crippen molar-refractivity contribution in [3.05, 3.63) is 16.7 Å². The summed E-state index contributed by atoms with van der Waals surface area (Å²) in [5.41, 5.74) is -0.837. The third-order valence-corrected chi connectivity index (χ3v) is 2.46. The molecular weight excluding hydrogens is 246 g/mol. The first kappa shape index (κ1) is 13.6. The SMILES string of the molecule is COC1=CC(C)(C)[N+](=O)C(C)(C)C1.[Br-]. The Bertz CT molecular complexity index is 269. The molecule has 0 aromatic rings. The number of ether oxygens (including phenoxy) is 1. The van der Waals surface area contributed by atoms with Gasteiger partial charge in [-0.1, -0.05) is 0 Å². The van der Waals surface area contributed by atoms with Gasteiger partial charge in [0.1, 0.15) is 5.76 Å². The quantitative estimate of drug-likeness (QED) is 0.584. The van der Waals surface area contributed by atoms with E-state index in [4.69, 9.17) is 4.74 Å². The molecule has 82 valence electrons. The molecule has 0 fully saturated rings. The average Bonchev–Trinajstić information content (AvgIpc) is 1.99. The first-order valence-electron chi connectivity index (χ1n) is 4.53. The van der Waals surface area contributed by atoms with E-state index >= 15 is 0 Å². The molecule has 4 heteroatoms. The Balaban J connectivity index is 0.00000169. The van der Waals surface area contributed by atoms with Gasteiger partial charge in [-0.15, -0.1) is 0 Å². The average molecular weight is 264 g/mol. The lowest BCUT2D eigenvalue weighted by Gasteiger charge is -2.29. The zero-order valence-corrected chi connectivity index (χ0v) is 11.0. The summed E-state index contributed by atoms with van der Waals surface area (Å²) in [6.07, 6.45) is 2.57. The third kappa shape index (κ3) is 2.35. The van der Waals surface area contributed by atoms with Crippen molar-refractivity contribution in [1.29, 1.82) is 0 Å². The monoisotopic (exact) mass is 263 g/mol. The van der Waals surface area contributed by atoms with Crippen LogP contribution in [0.5, 0.6) is 0 Å². The van der Waals surface area contributed by atoms with Crippen molar-refractivity contribution < 1.29 is 26.5 Å². The maximum absolute atomic E-state index is 11.8. The highest BCUT2D eigenvalue weighted by Crippen LogP contribution is 2.33. The van der Waals surface area contributed by atoms with E-state index in [1.54, 1.807) is 7.11 Å². The molecule has 0 spiro atoms. The number of nitrogens with zero attached hydrogens (tertiary/aromatic N) is 1. The Morgan fingerprint density at radius 3 is 2.21 bits per heavy atom. The zero-order valence-electron chi connectivity index (χ0n) is 9.43. The highest BCUT2D eigenvalue weighted by molar-refractivity contribution is 5.09. The standard InChI is InChI=1S/C10H18NO2.BrH/c1-9(2)6-8(13-5)7-10(3,4)11(9)12;/h6H,7H2,1-5H3;1H/q+1;/p-1. The summed E-state index contributed by atoms with van der Waals surface area (Å²) in [6.45, 7) is 7.68. The molecule has 14 heavy (non-hydrogen) atoms. The molecule has 0 saturated carbocycles. The summed E-state index contributed by atoms with van der Waals surface area (Å²) in [5.74, 6) is 0.905. The van der Waals surface area contributed by atoms with E-state index in [-0.39, 0.29) is 22.5 Å². The van der Waals surface area contributed by atoms with Gasteiger partial charge in [0, 0.05) is 43.4 Å². The van der Waals surface area contributed by atoms with Crippen LogP contribution in [0.25, 0.3) is 0 Å². The first-order chi connectivity index (χ1) is 5.79. The number of hydrogen-bond donors (Lipinski definition) is 0. The van der Waals surface area contributed by atoms with Crippen LogP contribution < -0.4 is 17.0 Å². The van der Waals surface area contributed by atoms with Crippen molar-refractivity contribution in [3.63, 3.8) is 0 Å². The minimum absolute atomic E-state index is 0. The lowest BCUT2D eigenvalue weighted by molar-refractivity contribution is -0.675. The van der Waals surface area contributed by atoms with Crippen LogP contribution in [0.15, 0.2) is 11.8 Å². The fourth-order valence-electron chi connectivity index (χ4n) is 1.91. The second kappa shape index (κ2) is 4.01. The highest BCUT2D eigenvalue weighted by Gasteiger charge is 2.50. The zero-order chi connectivity index (χ0) is 10.3. The molecule has 0 aromatic heterocycles. The molecule has 1 rings (SSSR count). The molecule has 1 aliphatic heterocycles. The highest BCUT2D eigenvalue weighted by atomic mass is 79.9. The molecule has 0 aliphatic carbocycles. The van der Waals surface area contributed by atoms with Gasteiger partial charge < -0.3 is 21.7 Å². The Morgan fingerprint density at radius 2 is 1.86 bits per heavy atom. The van der Waals surface area contributed by atoms with Crippen molar-refractivity contribution in [2.24, 2.45) is 0 Å². The van der Waals surface area contributed by atoms with Crippen molar-refractivity contribution in [3.8, 4) is 0 Å². The van der Waals surface area contributed by atoms with Crippen LogP contribution in [0.4, 0.5) is 0 Å². The molecule has 0 N–H and O–H groups in total. The molecule has 0 aromatic carbocycles. The molecular formula is C10H18BrNO2. The number of nitroso groups, excluding NO2 is 1. The molecule has 0 radical (unpaired) electrons. The second-order valence-corrected chi connectivity index (χ2v) is 4.75. The van der Waals surface area contributed by atoms with Crippen LogP contribution in [-0.2, 0) is 4.74 Å². The molecule has 3 nitrogen and oxygen atoms in total. The molecule has 1 heterocycles. The molecule has 1 aliphatic rings. The van der Waals surface area contributed by atoms with E-state index in [0.29, 0.717) is 6.42 Å². The predicted octanol–water partition coefficient (Wildman–Crippen LogP) is -0.739. The van der Waals surface area contributed by atoms with Crippen LogP contribution in [0.3, 0.4) is 0 Å². The molecule has 0 saturated heterocycles. The van der Waals surface area contributed by atoms with E-state index in [1.807, 2.05) is 33.8 Å². The van der Waals surface area contributed by atoms with E-state index < -0.39 is 5.54 Å². The van der Waals surface area contributed by atoms with Crippen molar-refractivity contribution >= 4 is 0 Å². The fourth-order valence-corrected chi connectivity index (χ4v) is 1.91. The van der Waals surface area contributed by atoms with Gasteiger partial charge in [-0.05, 0) is 0 Å². The van der Waals surface area contributed by atoms with Gasteiger partial charge in [-0.25, -0.2) is 0 Å². The van der Waals surface area contributed by atoms with Crippen LogP contribution in [0.1, 0.15) is 34.1 Å². The number of methoxy groups -OCH3 is 1. The maximum Gasteiger partial charge on any atom is 0.227 e. The number of hydrogen-bond acceptors (Lipinski definition) is 2. The Morgan fingerprint density at radius 1 is 1.36 bits per heavy atom. The summed E-state index contributed by atoms with van der Waals surface area (Å²) in [6, 6.07) is 0. The largest absolute Gasteiger partial charge is 1.00 e. The van der Waals surface area contributed by atoms with Gasteiger partial charge in [-0.3, -0.25) is 0 Å². The Hall–Kier alpha value is -0.380. The Kier molecular flexibility index (Phi) is 3.90. The summed E-state index contributed by atoms with van der Waals surface area (Å²) in [7, 11) is 1.65. The van der Waals surface area contributed by atoms with Crippen LogP contribution in [0.2, 0.25) is 0 Å². The summed E-state index contributed by atoms with van der Waals surface area (Å²) < 4.78 is 6.35.